The van der Waals surface area contributed by atoms with Crippen LogP contribution in [0.15, 0.2) is 65.0 Å². The number of rotatable bonds is 6. The molecule has 0 saturated carbocycles. The van der Waals surface area contributed by atoms with Gasteiger partial charge in [0.2, 0.25) is 0 Å². The molecule has 0 radical (unpaired) electrons. The van der Waals surface area contributed by atoms with Crippen LogP contribution in [0.5, 0.6) is 11.5 Å². The number of benzene rings is 2. The van der Waals surface area contributed by atoms with Gasteiger partial charge < -0.3 is 14.4 Å². The summed E-state index contributed by atoms with van der Waals surface area (Å²) in [7, 11) is 2.04. The van der Waals surface area contributed by atoms with Crippen LogP contribution in [0.3, 0.4) is 0 Å². The molecular weight excluding hydrogens is 486 g/mol. The third-order valence-corrected chi connectivity index (χ3v) is 8.30. The highest BCUT2D eigenvalue weighted by Gasteiger charge is 2.48. The second kappa shape index (κ2) is 10.0. The number of ketones is 2. The lowest BCUT2D eigenvalue weighted by Crippen LogP contribution is -2.43. The van der Waals surface area contributed by atoms with Crippen LogP contribution in [0, 0.1) is 17.8 Å². The topological polar surface area (TPSA) is 55.8 Å². The highest BCUT2D eigenvalue weighted by Crippen LogP contribution is 2.54. The van der Waals surface area contributed by atoms with Gasteiger partial charge in [-0.05, 0) is 60.8 Å². The first-order chi connectivity index (χ1) is 18.4. The van der Waals surface area contributed by atoms with Crippen LogP contribution in [0.4, 0.5) is 0 Å². The number of carbonyl (C=O) groups is 2. The average Bonchev–Trinajstić information content (AvgIpc) is 2.84. The lowest BCUT2D eigenvalue weighted by molar-refractivity contribution is -0.119. The van der Waals surface area contributed by atoms with Crippen LogP contribution in [0.1, 0.15) is 82.9 Å². The summed E-state index contributed by atoms with van der Waals surface area (Å²) in [6.45, 7) is 13.6. The van der Waals surface area contributed by atoms with Gasteiger partial charge in [-0.25, -0.2) is 0 Å². The monoisotopic (exact) mass is 527 g/mol. The first-order valence-corrected chi connectivity index (χ1v) is 14.1. The van der Waals surface area contributed by atoms with Crippen molar-refractivity contribution in [3.05, 3.63) is 81.7 Å². The molecule has 0 amide bonds. The molecule has 2 aliphatic carbocycles. The van der Waals surface area contributed by atoms with E-state index in [1.54, 1.807) is 0 Å². The predicted octanol–water partition coefficient (Wildman–Crippen LogP) is 7.29. The molecule has 2 aromatic rings. The second-order valence-electron chi connectivity index (χ2n) is 13.0. The molecule has 0 unspecified atom stereocenters. The first-order valence-electron chi connectivity index (χ1n) is 14.1. The second-order valence-corrected chi connectivity index (χ2v) is 13.0. The fourth-order valence-corrected chi connectivity index (χ4v) is 6.44. The van der Waals surface area contributed by atoms with Gasteiger partial charge in [0.1, 0.15) is 6.61 Å². The lowest BCUT2D eigenvalue weighted by Gasteiger charge is -2.47. The number of hydrogen-bond donors (Lipinski definition) is 0. The van der Waals surface area contributed by atoms with E-state index < -0.39 is 0 Å². The molecule has 5 heteroatoms. The van der Waals surface area contributed by atoms with E-state index in [-0.39, 0.29) is 28.3 Å². The van der Waals surface area contributed by atoms with Gasteiger partial charge in [-0.1, -0.05) is 63.6 Å². The van der Waals surface area contributed by atoms with Gasteiger partial charge in [0.25, 0.3) is 0 Å². The van der Waals surface area contributed by atoms with Gasteiger partial charge in [0, 0.05) is 48.3 Å². The highest BCUT2D eigenvalue weighted by molar-refractivity contribution is 6.06. The summed E-state index contributed by atoms with van der Waals surface area (Å²) >= 11 is 0. The lowest BCUT2D eigenvalue weighted by atomic mass is 9.64. The van der Waals surface area contributed by atoms with E-state index in [9.17, 15) is 9.59 Å². The molecule has 39 heavy (non-hydrogen) atoms. The zero-order valence-corrected chi connectivity index (χ0v) is 24.4. The van der Waals surface area contributed by atoms with Crippen molar-refractivity contribution in [2.45, 2.75) is 79.8 Å². The molecule has 0 fully saturated rings. The Morgan fingerprint density at radius 3 is 1.90 bits per heavy atom. The van der Waals surface area contributed by atoms with Gasteiger partial charge in [-0.15, -0.1) is 0 Å². The van der Waals surface area contributed by atoms with E-state index in [2.05, 4.69) is 63.8 Å². The van der Waals surface area contributed by atoms with Crippen molar-refractivity contribution in [2.75, 3.05) is 13.7 Å². The molecule has 0 N–H and O–H groups in total. The van der Waals surface area contributed by atoms with Crippen molar-refractivity contribution in [2.24, 2.45) is 10.8 Å². The molecule has 2 aromatic carbocycles. The number of carbonyl (C=O) groups excluding carboxylic acids is 2. The fraction of sp³-hybridized carbons (Fsp3) is 0.471. The zero-order valence-electron chi connectivity index (χ0n) is 24.4. The van der Waals surface area contributed by atoms with Crippen LogP contribution < -0.4 is 9.47 Å². The molecule has 206 valence electrons. The van der Waals surface area contributed by atoms with Crippen molar-refractivity contribution >= 4 is 11.6 Å². The molecule has 1 aliphatic heterocycles. The largest absolute Gasteiger partial charge is 0.490 e. The SMILES string of the molecule is CCOc1cc(C2C3=C(CC(C)(C)CC3=O)N(C)C3=C2C(=O)CC(C)(C)C3)ccc1OCc1ccc(C)cc1. The van der Waals surface area contributed by atoms with Crippen molar-refractivity contribution in [3.63, 3.8) is 0 Å². The predicted molar refractivity (Wildman–Crippen MR) is 154 cm³/mol. The average molecular weight is 528 g/mol. The molecule has 0 atom stereocenters. The summed E-state index contributed by atoms with van der Waals surface area (Å²) in [6.07, 6.45) is 2.58. The Kier molecular flexibility index (Phi) is 6.98. The van der Waals surface area contributed by atoms with Gasteiger partial charge in [0.15, 0.2) is 23.1 Å². The number of aryl methyl sites for hydroxylation is 1. The van der Waals surface area contributed by atoms with Crippen molar-refractivity contribution in [1.29, 1.82) is 0 Å². The molecule has 3 aliphatic rings. The normalized spacial score (nSPS) is 20.6. The Morgan fingerprint density at radius 2 is 1.36 bits per heavy atom. The maximum atomic E-state index is 13.8. The molecule has 0 spiro atoms. The standard InChI is InChI=1S/C34H41NO4/c1-8-38-29-15-23(13-14-28(29)39-20-22-11-9-21(2)10-12-22)30-31-24(16-33(3,4)18-26(31)36)35(7)25-17-34(5,6)19-27(37)32(25)30/h9-15,30H,8,16-20H2,1-7H3. The van der Waals surface area contributed by atoms with Gasteiger partial charge in [-0.3, -0.25) is 9.59 Å². The molecule has 0 saturated heterocycles. The maximum absolute atomic E-state index is 13.8. The van der Waals surface area contributed by atoms with E-state index in [0.717, 1.165) is 46.5 Å². The molecule has 0 bridgehead atoms. The minimum Gasteiger partial charge on any atom is -0.490 e. The summed E-state index contributed by atoms with van der Waals surface area (Å²) in [4.78, 5) is 29.7. The maximum Gasteiger partial charge on any atom is 0.162 e. The van der Waals surface area contributed by atoms with Crippen molar-refractivity contribution < 1.29 is 19.1 Å². The van der Waals surface area contributed by atoms with E-state index in [4.69, 9.17) is 9.47 Å². The Balaban J connectivity index is 1.59. The zero-order chi connectivity index (χ0) is 28.1. The summed E-state index contributed by atoms with van der Waals surface area (Å²) < 4.78 is 12.2. The number of hydrogen-bond acceptors (Lipinski definition) is 5. The number of allylic oxidation sites excluding steroid dienone is 4. The Bertz CT molecular complexity index is 1320. The van der Waals surface area contributed by atoms with Crippen LogP contribution in [0.2, 0.25) is 0 Å². The van der Waals surface area contributed by atoms with E-state index >= 15 is 0 Å². The van der Waals surface area contributed by atoms with Crippen LogP contribution in [-0.4, -0.2) is 30.1 Å². The third kappa shape index (κ3) is 5.28. The Labute approximate surface area is 232 Å². The highest BCUT2D eigenvalue weighted by atomic mass is 16.5. The molecular formula is C34H41NO4. The van der Waals surface area contributed by atoms with E-state index in [0.29, 0.717) is 37.6 Å². The third-order valence-electron chi connectivity index (χ3n) is 8.30. The minimum absolute atomic E-state index is 0.120. The quantitative estimate of drug-likeness (QED) is 0.395. The summed E-state index contributed by atoms with van der Waals surface area (Å²) in [6, 6.07) is 14.2. The van der Waals surface area contributed by atoms with Crippen molar-refractivity contribution in [3.8, 4) is 11.5 Å². The Morgan fingerprint density at radius 1 is 0.795 bits per heavy atom. The van der Waals surface area contributed by atoms with Crippen LogP contribution in [-0.2, 0) is 16.2 Å². The van der Waals surface area contributed by atoms with Gasteiger partial charge in [0.05, 0.1) is 6.61 Å². The first kappa shape index (κ1) is 27.2. The smallest absolute Gasteiger partial charge is 0.162 e. The number of ether oxygens (including phenoxy) is 2. The summed E-state index contributed by atoms with van der Waals surface area (Å²) in [5.41, 5.74) is 6.63. The van der Waals surface area contributed by atoms with Gasteiger partial charge in [-0.2, -0.15) is 0 Å². The minimum atomic E-state index is -0.385. The fourth-order valence-electron chi connectivity index (χ4n) is 6.44. The summed E-state index contributed by atoms with van der Waals surface area (Å²) in [5.74, 6) is 1.19. The number of nitrogens with zero attached hydrogens (tertiary/aromatic N) is 1. The van der Waals surface area contributed by atoms with E-state index in [1.165, 1.54) is 5.56 Å². The van der Waals surface area contributed by atoms with Crippen molar-refractivity contribution in [1.82, 2.24) is 4.90 Å². The van der Waals surface area contributed by atoms with Crippen LogP contribution >= 0.6 is 0 Å². The molecule has 1 heterocycles. The summed E-state index contributed by atoms with van der Waals surface area (Å²) in [5, 5.41) is 0. The van der Waals surface area contributed by atoms with Crippen LogP contribution in [0.25, 0.3) is 0 Å². The van der Waals surface area contributed by atoms with Gasteiger partial charge >= 0.3 is 0 Å². The van der Waals surface area contributed by atoms with E-state index in [1.807, 2.05) is 32.2 Å². The molecule has 5 rings (SSSR count). The number of Topliss-reactive ketones (excluding diaryl/α,β-unsaturated/α-hetero) is 2. The Hall–Kier alpha value is -3.34. The molecule has 0 aromatic heterocycles. The molecule has 5 nitrogen and oxygen atoms in total.